The van der Waals surface area contributed by atoms with E-state index in [-0.39, 0.29) is 17.9 Å². The zero-order chi connectivity index (χ0) is 22.3. The fourth-order valence-electron chi connectivity index (χ4n) is 5.19. The molecule has 0 bridgehead atoms. The van der Waals surface area contributed by atoms with Crippen LogP contribution in [0.2, 0.25) is 0 Å². The van der Waals surface area contributed by atoms with E-state index in [0.29, 0.717) is 0 Å². The zero-order valence-electron chi connectivity index (χ0n) is 19.8. The van der Waals surface area contributed by atoms with Gasteiger partial charge < -0.3 is 4.74 Å². The molecule has 0 saturated carbocycles. The SMILES string of the molecule is CCc1ccc([C@@H](C(C)=O)N2CC[C@@H](OCCCCc3ccc4c(n3)CCCC4)C2)cc1. The lowest BCUT2D eigenvalue weighted by molar-refractivity contribution is -0.122. The predicted molar refractivity (Wildman–Crippen MR) is 129 cm³/mol. The number of ketones is 1. The molecular formula is C28H38N2O2. The third kappa shape index (κ3) is 5.85. The number of hydrogen-bond acceptors (Lipinski definition) is 4. The van der Waals surface area contributed by atoms with Crippen LogP contribution >= 0.6 is 0 Å². The van der Waals surface area contributed by atoms with Crippen molar-refractivity contribution in [3.05, 3.63) is 64.5 Å². The average Bonchev–Trinajstić information content (AvgIpc) is 3.27. The number of nitrogens with zero attached hydrogens (tertiary/aromatic N) is 2. The molecule has 1 aliphatic heterocycles. The van der Waals surface area contributed by atoms with Gasteiger partial charge in [-0.1, -0.05) is 37.3 Å². The molecule has 2 aliphatic rings. The number of Topliss-reactive ketones (excluding diaryl/α,β-unsaturated/α-hetero) is 1. The van der Waals surface area contributed by atoms with E-state index < -0.39 is 0 Å². The van der Waals surface area contributed by atoms with Crippen molar-refractivity contribution in [2.45, 2.75) is 83.8 Å². The summed E-state index contributed by atoms with van der Waals surface area (Å²) in [4.78, 5) is 19.6. The van der Waals surface area contributed by atoms with Gasteiger partial charge in [-0.25, -0.2) is 0 Å². The van der Waals surface area contributed by atoms with Crippen LogP contribution in [0.5, 0.6) is 0 Å². The number of likely N-dealkylation sites (tertiary alicyclic amines) is 1. The maximum Gasteiger partial charge on any atom is 0.151 e. The topological polar surface area (TPSA) is 42.4 Å². The highest BCUT2D eigenvalue weighted by Gasteiger charge is 2.32. The van der Waals surface area contributed by atoms with Crippen molar-refractivity contribution in [1.82, 2.24) is 9.88 Å². The summed E-state index contributed by atoms with van der Waals surface area (Å²) in [5.41, 5.74) is 6.44. The first kappa shape index (κ1) is 23.1. The summed E-state index contributed by atoms with van der Waals surface area (Å²) in [5.74, 6) is 0.215. The number of pyridine rings is 1. The minimum absolute atomic E-state index is 0.149. The van der Waals surface area contributed by atoms with Gasteiger partial charge in [0.15, 0.2) is 5.78 Å². The molecule has 2 heterocycles. The zero-order valence-corrected chi connectivity index (χ0v) is 19.8. The molecule has 1 aliphatic carbocycles. The van der Waals surface area contributed by atoms with Crippen molar-refractivity contribution in [3.8, 4) is 0 Å². The Morgan fingerprint density at radius 2 is 1.94 bits per heavy atom. The van der Waals surface area contributed by atoms with Gasteiger partial charge in [-0.15, -0.1) is 0 Å². The number of unbranched alkanes of at least 4 members (excludes halogenated alkanes) is 1. The third-order valence-electron chi connectivity index (χ3n) is 7.05. The number of fused-ring (bicyclic) bond motifs is 1. The fraction of sp³-hybridized carbons (Fsp3) is 0.571. The Morgan fingerprint density at radius 1 is 1.12 bits per heavy atom. The maximum absolute atomic E-state index is 12.4. The second-order valence-corrected chi connectivity index (χ2v) is 9.46. The maximum atomic E-state index is 12.4. The van der Waals surface area contributed by atoms with Crippen LogP contribution in [0.15, 0.2) is 36.4 Å². The van der Waals surface area contributed by atoms with Crippen LogP contribution in [-0.2, 0) is 35.2 Å². The first-order valence-electron chi connectivity index (χ1n) is 12.6. The molecule has 0 amide bonds. The highest BCUT2D eigenvalue weighted by Crippen LogP contribution is 2.28. The molecule has 172 valence electrons. The summed E-state index contributed by atoms with van der Waals surface area (Å²) in [7, 11) is 0. The highest BCUT2D eigenvalue weighted by molar-refractivity contribution is 5.83. The summed E-state index contributed by atoms with van der Waals surface area (Å²) in [6, 6.07) is 12.9. The number of carbonyl (C=O) groups is 1. The molecule has 1 fully saturated rings. The van der Waals surface area contributed by atoms with Gasteiger partial charge >= 0.3 is 0 Å². The molecule has 2 aromatic rings. The van der Waals surface area contributed by atoms with Crippen LogP contribution in [0.4, 0.5) is 0 Å². The monoisotopic (exact) mass is 434 g/mol. The molecule has 0 spiro atoms. The Labute approximate surface area is 193 Å². The van der Waals surface area contributed by atoms with Gasteiger partial charge in [0, 0.05) is 31.1 Å². The average molecular weight is 435 g/mol. The molecule has 4 nitrogen and oxygen atoms in total. The largest absolute Gasteiger partial charge is 0.377 e. The van der Waals surface area contributed by atoms with E-state index in [1.54, 1.807) is 6.92 Å². The van der Waals surface area contributed by atoms with E-state index in [1.807, 2.05) is 0 Å². The van der Waals surface area contributed by atoms with Crippen molar-refractivity contribution in [2.24, 2.45) is 0 Å². The van der Waals surface area contributed by atoms with E-state index in [9.17, 15) is 4.79 Å². The van der Waals surface area contributed by atoms with Crippen molar-refractivity contribution < 1.29 is 9.53 Å². The Balaban J connectivity index is 1.20. The normalized spacial score (nSPS) is 19.6. The van der Waals surface area contributed by atoms with Gasteiger partial charge in [0.1, 0.15) is 0 Å². The Bertz CT molecular complexity index is 893. The lowest BCUT2D eigenvalue weighted by Gasteiger charge is -2.26. The van der Waals surface area contributed by atoms with E-state index in [4.69, 9.17) is 9.72 Å². The molecule has 2 atom stereocenters. The number of hydrogen-bond donors (Lipinski definition) is 0. The van der Waals surface area contributed by atoms with Crippen molar-refractivity contribution in [2.75, 3.05) is 19.7 Å². The predicted octanol–water partition coefficient (Wildman–Crippen LogP) is 5.27. The molecule has 1 saturated heterocycles. The van der Waals surface area contributed by atoms with Gasteiger partial charge in [-0.2, -0.15) is 0 Å². The van der Waals surface area contributed by atoms with E-state index in [2.05, 4.69) is 48.2 Å². The second-order valence-electron chi connectivity index (χ2n) is 9.46. The number of aromatic nitrogens is 1. The van der Waals surface area contributed by atoms with Crippen LogP contribution in [0, 0.1) is 0 Å². The van der Waals surface area contributed by atoms with Gasteiger partial charge in [0.25, 0.3) is 0 Å². The molecule has 0 N–H and O–H groups in total. The number of carbonyl (C=O) groups excluding carboxylic acids is 1. The molecular weight excluding hydrogens is 396 g/mol. The summed E-state index contributed by atoms with van der Waals surface area (Å²) in [5, 5.41) is 0. The summed E-state index contributed by atoms with van der Waals surface area (Å²) < 4.78 is 6.19. The minimum Gasteiger partial charge on any atom is -0.377 e. The van der Waals surface area contributed by atoms with Crippen LogP contribution < -0.4 is 0 Å². The standard InChI is InChI=1S/C28H38N2O2/c1-3-22-11-13-24(14-12-22)28(21(2)31)30-18-17-26(20-30)32-19-7-6-9-25-16-15-23-8-4-5-10-27(23)29-25/h11-16,26,28H,3-10,17-20H2,1-2H3/t26-,28-/m1/s1. The molecule has 0 unspecified atom stereocenters. The summed E-state index contributed by atoms with van der Waals surface area (Å²) in [6.45, 7) is 6.42. The lowest BCUT2D eigenvalue weighted by atomic mass is 9.95. The van der Waals surface area contributed by atoms with Crippen LogP contribution in [0.1, 0.15) is 80.1 Å². The van der Waals surface area contributed by atoms with Crippen molar-refractivity contribution in [3.63, 3.8) is 0 Å². The number of rotatable bonds is 10. The van der Waals surface area contributed by atoms with Crippen LogP contribution in [0.25, 0.3) is 0 Å². The Kier molecular flexibility index (Phi) is 8.10. The van der Waals surface area contributed by atoms with E-state index >= 15 is 0 Å². The molecule has 32 heavy (non-hydrogen) atoms. The number of ether oxygens (including phenoxy) is 1. The molecule has 4 rings (SSSR count). The first-order valence-corrected chi connectivity index (χ1v) is 12.6. The van der Waals surface area contributed by atoms with Gasteiger partial charge in [0.05, 0.1) is 12.1 Å². The van der Waals surface area contributed by atoms with E-state index in [1.165, 1.54) is 41.8 Å². The quantitative estimate of drug-likeness (QED) is 0.478. The fourth-order valence-corrected chi connectivity index (χ4v) is 5.19. The van der Waals surface area contributed by atoms with Gasteiger partial charge in [-0.3, -0.25) is 14.7 Å². The molecule has 1 aromatic carbocycles. The van der Waals surface area contributed by atoms with Crippen LogP contribution in [0.3, 0.4) is 0 Å². The minimum atomic E-state index is -0.149. The third-order valence-corrected chi connectivity index (χ3v) is 7.05. The summed E-state index contributed by atoms with van der Waals surface area (Å²) >= 11 is 0. The van der Waals surface area contributed by atoms with Gasteiger partial charge in [0.2, 0.25) is 0 Å². The first-order chi connectivity index (χ1) is 15.6. The Hall–Kier alpha value is -2.04. The lowest BCUT2D eigenvalue weighted by Crippen LogP contribution is -2.32. The molecule has 1 aromatic heterocycles. The van der Waals surface area contributed by atoms with E-state index in [0.717, 1.165) is 63.8 Å². The molecule has 0 radical (unpaired) electrons. The van der Waals surface area contributed by atoms with Crippen LogP contribution in [-0.4, -0.2) is 41.5 Å². The van der Waals surface area contributed by atoms with Crippen molar-refractivity contribution in [1.29, 1.82) is 0 Å². The summed E-state index contributed by atoms with van der Waals surface area (Å²) in [6.07, 6.45) is 10.4. The smallest absolute Gasteiger partial charge is 0.151 e. The van der Waals surface area contributed by atoms with Crippen molar-refractivity contribution >= 4 is 5.78 Å². The molecule has 4 heteroatoms. The number of benzene rings is 1. The Morgan fingerprint density at radius 3 is 2.72 bits per heavy atom. The highest BCUT2D eigenvalue weighted by atomic mass is 16.5. The van der Waals surface area contributed by atoms with Gasteiger partial charge in [-0.05, 0) is 87.5 Å². The number of aryl methyl sites for hydroxylation is 4. The second kappa shape index (κ2) is 11.2.